The Bertz CT molecular complexity index is 575. The van der Waals surface area contributed by atoms with Crippen LogP contribution in [0.25, 0.3) is 0 Å². The van der Waals surface area contributed by atoms with Crippen LogP contribution in [0.3, 0.4) is 0 Å². The summed E-state index contributed by atoms with van der Waals surface area (Å²) < 4.78 is 5.69. The van der Waals surface area contributed by atoms with Crippen LogP contribution >= 0.6 is 0 Å². The van der Waals surface area contributed by atoms with Crippen LogP contribution in [0.5, 0.6) is 0 Å². The molecule has 1 saturated carbocycles. The van der Waals surface area contributed by atoms with Gasteiger partial charge in [0.1, 0.15) is 0 Å². The third-order valence-corrected chi connectivity index (χ3v) is 5.27. The van der Waals surface area contributed by atoms with E-state index in [1.807, 2.05) is 18.2 Å². The summed E-state index contributed by atoms with van der Waals surface area (Å²) in [4.78, 5) is 16.2. The number of benzene rings is 1. The second kappa shape index (κ2) is 7.64. The van der Waals surface area contributed by atoms with Crippen LogP contribution in [0.1, 0.15) is 35.2 Å². The van der Waals surface area contributed by atoms with E-state index in [9.17, 15) is 9.90 Å². The van der Waals surface area contributed by atoms with Crippen molar-refractivity contribution in [1.82, 2.24) is 9.80 Å². The van der Waals surface area contributed by atoms with Crippen molar-refractivity contribution in [2.75, 3.05) is 33.9 Å². The predicted octanol–water partition coefficient (Wildman–Crippen LogP) is 1.75. The van der Waals surface area contributed by atoms with E-state index in [2.05, 4.69) is 11.0 Å². The fourth-order valence-electron chi connectivity index (χ4n) is 3.96. The van der Waals surface area contributed by atoms with E-state index in [4.69, 9.17) is 4.74 Å². The normalized spacial score (nSPS) is 28.0. The van der Waals surface area contributed by atoms with Gasteiger partial charge in [-0.25, -0.2) is 0 Å². The van der Waals surface area contributed by atoms with Crippen LogP contribution in [0.2, 0.25) is 0 Å². The number of carbonyl (C=O) groups excluding carboxylic acids is 1. The highest BCUT2D eigenvalue weighted by Crippen LogP contribution is 2.32. The first-order valence-corrected chi connectivity index (χ1v) is 8.86. The molecular weight excluding hydrogens is 304 g/mol. The lowest BCUT2D eigenvalue weighted by molar-refractivity contribution is -0.0536. The van der Waals surface area contributed by atoms with E-state index < -0.39 is 0 Å². The summed E-state index contributed by atoms with van der Waals surface area (Å²) in [5.41, 5.74) is 1.87. The summed E-state index contributed by atoms with van der Waals surface area (Å²) in [6.45, 7) is 3.10. The highest BCUT2D eigenvalue weighted by atomic mass is 16.5. The number of aliphatic hydroxyl groups excluding tert-OH is 1. The van der Waals surface area contributed by atoms with Gasteiger partial charge in [-0.2, -0.15) is 0 Å². The Labute approximate surface area is 144 Å². The number of rotatable bonds is 4. The first-order valence-electron chi connectivity index (χ1n) is 8.86. The van der Waals surface area contributed by atoms with Gasteiger partial charge in [0.05, 0.1) is 19.3 Å². The molecule has 5 heteroatoms. The maximum Gasteiger partial charge on any atom is 0.253 e. The van der Waals surface area contributed by atoms with E-state index in [-0.39, 0.29) is 18.1 Å². The summed E-state index contributed by atoms with van der Waals surface area (Å²) in [5.74, 6) is 0.332. The Kier molecular flexibility index (Phi) is 5.54. The van der Waals surface area contributed by atoms with Crippen molar-refractivity contribution in [3.8, 4) is 0 Å². The first-order chi connectivity index (χ1) is 11.6. The van der Waals surface area contributed by atoms with Crippen LogP contribution in [0.4, 0.5) is 0 Å². The summed E-state index contributed by atoms with van der Waals surface area (Å²) >= 11 is 0. The number of amides is 1. The number of carbonyl (C=O) groups is 1. The molecule has 1 aliphatic heterocycles. The average Bonchev–Trinajstić information content (AvgIpc) is 3.01. The Balaban J connectivity index is 1.73. The molecule has 0 radical (unpaired) electrons. The first kappa shape index (κ1) is 17.4. The second-order valence-corrected chi connectivity index (χ2v) is 7.17. The van der Waals surface area contributed by atoms with Gasteiger partial charge in [-0.3, -0.25) is 9.69 Å². The molecular formula is C19H28N2O3. The van der Waals surface area contributed by atoms with E-state index >= 15 is 0 Å². The van der Waals surface area contributed by atoms with Gasteiger partial charge in [-0.1, -0.05) is 18.6 Å². The third-order valence-electron chi connectivity index (χ3n) is 5.27. The smallest absolute Gasteiger partial charge is 0.253 e. The number of hydrogen-bond acceptors (Lipinski definition) is 4. The van der Waals surface area contributed by atoms with Crippen molar-refractivity contribution < 1.29 is 14.6 Å². The number of ether oxygens (including phenoxy) is 1. The molecule has 2 fully saturated rings. The predicted molar refractivity (Wildman–Crippen MR) is 92.8 cm³/mol. The molecule has 3 atom stereocenters. The van der Waals surface area contributed by atoms with E-state index in [1.165, 1.54) is 0 Å². The monoisotopic (exact) mass is 332 g/mol. The van der Waals surface area contributed by atoms with Gasteiger partial charge < -0.3 is 14.7 Å². The molecule has 0 aromatic heterocycles. The molecule has 1 saturated heterocycles. The molecule has 0 bridgehead atoms. The zero-order valence-corrected chi connectivity index (χ0v) is 14.6. The Morgan fingerprint density at radius 2 is 2.21 bits per heavy atom. The van der Waals surface area contributed by atoms with Gasteiger partial charge in [0.25, 0.3) is 5.91 Å². The minimum atomic E-state index is -0.208. The number of morpholine rings is 1. The molecule has 2 aliphatic rings. The molecule has 0 spiro atoms. The third kappa shape index (κ3) is 3.79. The van der Waals surface area contributed by atoms with Gasteiger partial charge in [-0.15, -0.1) is 0 Å². The lowest BCUT2D eigenvalue weighted by Gasteiger charge is -2.40. The van der Waals surface area contributed by atoms with Crippen LogP contribution in [-0.4, -0.2) is 66.8 Å². The topological polar surface area (TPSA) is 53.0 Å². The van der Waals surface area contributed by atoms with Crippen LogP contribution in [0.15, 0.2) is 24.3 Å². The summed E-state index contributed by atoms with van der Waals surface area (Å²) in [7, 11) is 3.54. The average molecular weight is 332 g/mol. The number of hydrogen-bond donors (Lipinski definition) is 1. The van der Waals surface area contributed by atoms with E-state index in [0.29, 0.717) is 12.5 Å². The van der Waals surface area contributed by atoms with E-state index in [1.54, 1.807) is 19.0 Å². The van der Waals surface area contributed by atoms with Gasteiger partial charge in [0, 0.05) is 44.7 Å². The molecule has 5 nitrogen and oxygen atoms in total. The molecule has 24 heavy (non-hydrogen) atoms. The number of nitrogens with zero attached hydrogens (tertiary/aromatic N) is 2. The maximum absolute atomic E-state index is 12.2. The second-order valence-electron chi connectivity index (χ2n) is 7.17. The van der Waals surface area contributed by atoms with Crippen molar-refractivity contribution in [3.05, 3.63) is 35.4 Å². The molecule has 3 rings (SSSR count). The van der Waals surface area contributed by atoms with Crippen molar-refractivity contribution >= 4 is 5.91 Å². The van der Waals surface area contributed by atoms with Gasteiger partial charge in [0.15, 0.2) is 0 Å². The number of aliphatic hydroxyl groups is 1. The maximum atomic E-state index is 12.2. The molecule has 132 valence electrons. The summed E-state index contributed by atoms with van der Waals surface area (Å²) in [5, 5.41) is 10.3. The Hall–Kier alpha value is -1.43. The SMILES string of the molecule is CN(C)C(=O)c1cccc(CN2CCOC[C@@H]2[C@H]2CCC[C@H]2O)c1. The zero-order valence-electron chi connectivity index (χ0n) is 14.6. The van der Waals surface area contributed by atoms with Crippen LogP contribution in [-0.2, 0) is 11.3 Å². The van der Waals surface area contributed by atoms with Crippen molar-refractivity contribution in [2.24, 2.45) is 5.92 Å². The molecule has 1 N–H and O–H groups in total. The lowest BCUT2D eigenvalue weighted by atomic mass is 9.93. The standard InChI is InChI=1S/C19H28N2O3/c1-20(2)19(23)15-6-3-5-14(11-15)12-21-9-10-24-13-17(21)16-7-4-8-18(16)22/h3,5-6,11,16-18,22H,4,7-10,12-13H2,1-2H3/t16-,17-,18-/m1/s1. The molecule has 1 heterocycles. The van der Waals surface area contributed by atoms with Gasteiger partial charge >= 0.3 is 0 Å². The van der Waals surface area contributed by atoms with Crippen molar-refractivity contribution in [1.29, 1.82) is 0 Å². The molecule has 1 aromatic rings. The van der Waals surface area contributed by atoms with Gasteiger partial charge in [-0.05, 0) is 30.5 Å². The zero-order chi connectivity index (χ0) is 17.1. The summed E-state index contributed by atoms with van der Waals surface area (Å²) in [6, 6.07) is 8.14. The minimum absolute atomic E-state index is 0.0293. The van der Waals surface area contributed by atoms with Gasteiger partial charge in [0.2, 0.25) is 0 Å². The molecule has 0 unspecified atom stereocenters. The van der Waals surface area contributed by atoms with Crippen LogP contribution in [0, 0.1) is 5.92 Å². The Morgan fingerprint density at radius 3 is 2.92 bits per heavy atom. The van der Waals surface area contributed by atoms with E-state index in [0.717, 1.165) is 50.1 Å². The van der Waals surface area contributed by atoms with Crippen molar-refractivity contribution in [3.63, 3.8) is 0 Å². The minimum Gasteiger partial charge on any atom is -0.393 e. The highest BCUT2D eigenvalue weighted by molar-refractivity contribution is 5.94. The molecule has 1 aromatic carbocycles. The fraction of sp³-hybridized carbons (Fsp3) is 0.632. The fourth-order valence-corrected chi connectivity index (χ4v) is 3.96. The molecule has 1 amide bonds. The van der Waals surface area contributed by atoms with Crippen LogP contribution < -0.4 is 0 Å². The Morgan fingerprint density at radius 1 is 1.38 bits per heavy atom. The quantitative estimate of drug-likeness (QED) is 0.913. The lowest BCUT2D eigenvalue weighted by Crippen LogP contribution is -2.50. The summed E-state index contributed by atoms with van der Waals surface area (Å²) in [6.07, 6.45) is 2.87. The largest absolute Gasteiger partial charge is 0.393 e. The molecule has 1 aliphatic carbocycles. The highest BCUT2D eigenvalue weighted by Gasteiger charge is 2.37. The van der Waals surface area contributed by atoms with Crippen molar-refractivity contribution in [2.45, 2.75) is 38.0 Å².